The summed E-state index contributed by atoms with van der Waals surface area (Å²) in [5.41, 5.74) is 0.218. The van der Waals surface area contributed by atoms with Gasteiger partial charge in [0.25, 0.3) is 0 Å². The average molecular weight is 263 g/mol. The van der Waals surface area contributed by atoms with E-state index in [9.17, 15) is 4.79 Å². The zero-order valence-electron chi connectivity index (χ0n) is 11.7. The van der Waals surface area contributed by atoms with Crippen LogP contribution in [-0.2, 0) is 4.79 Å². The first-order valence-electron chi connectivity index (χ1n) is 6.32. The van der Waals surface area contributed by atoms with Gasteiger partial charge < -0.3 is 10.2 Å². The summed E-state index contributed by atoms with van der Waals surface area (Å²) in [5, 5.41) is 3.36. The van der Waals surface area contributed by atoms with Gasteiger partial charge >= 0.3 is 0 Å². The van der Waals surface area contributed by atoms with Gasteiger partial charge in [-0.15, -0.1) is 12.4 Å². The van der Waals surface area contributed by atoms with Gasteiger partial charge in [-0.2, -0.15) is 0 Å². The van der Waals surface area contributed by atoms with Crippen LogP contribution >= 0.6 is 12.4 Å². The smallest absolute Gasteiger partial charge is 0.222 e. The molecule has 3 nitrogen and oxygen atoms in total. The van der Waals surface area contributed by atoms with E-state index in [1.165, 1.54) is 0 Å². The average Bonchev–Trinajstić information content (AvgIpc) is 2.16. The number of hydrogen-bond acceptors (Lipinski definition) is 2. The normalized spacial score (nSPS) is 22.9. The third kappa shape index (κ3) is 5.26. The number of halogens is 1. The Kier molecular flexibility index (Phi) is 6.49. The molecule has 1 fully saturated rings. The standard InChI is InChI=1S/C13H26N2O.ClH/c1-10(13(3,4)5)8-12(16)15-7-6-14-11(2)9-15;/h10-11,14H,6-9H2,1-5H3;1H/t10?,11-;/m0./s1. The Morgan fingerprint density at radius 2 is 2.06 bits per heavy atom. The molecule has 102 valence electrons. The number of carbonyl (C=O) groups is 1. The van der Waals surface area contributed by atoms with Crippen molar-refractivity contribution in [1.82, 2.24) is 10.2 Å². The predicted octanol–water partition coefficient (Wildman–Crippen LogP) is 2.30. The Morgan fingerprint density at radius 3 is 2.53 bits per heavy atom. The lowest BCUT2D eigenvalue weighted by Gasteiger charge is -2.34. The summed E-state index contributed by atoms with van der Waals surface area (Å²) >= 11 is 0. The topological polar surface area (TPSA) is 32.3 Å². The lowest BCUT2D eigenvalue weighted by atomic mass is 9.80. The van der Waals surface area contributed by atoms with Crippen LogP contribution < -0.4 is 5.32 Å². The van der Waals surface area contributed by atoms with Gasteiger partial charge in [0.05, 0.1) is 0 Å². The maximum absolute atomic E-state index is 12.1. The van der Waals surface area contributed by atoms with Crippen LogP contribution in [0.2, 0.25) is 0 Å². The van der Waals surface area contributed by atoms with Crippen LogP contribution in [0.5, 0.6) is 0 Å². The van der Waals surface area contributed by atoms with E-state index in [1.807, 2.05) is 4.90 Å². The number of piperazine rings is 1. The number of rotatable bonds is 2. The van der Waals surface area contributed by atoms with E-state index in [2.05, 4.69) is 39.9 Å². The van der Waals surface area contributed by atoms with E-state index in [0.717, 1.165) is 19.6 Å². The molecule has 2 atom stereocenters. The number of amides is 1. The summed E-state index contributed by atoms with van der Waals surface area (Å²) in [7, 11) is 0. The molecule has 1 unspecified atom stereocenters. The van der Waals surface area contributed by atoms with Gasteiger partial charge in [0.2, 0.25) is 5.91 Å². The van der Waals surface area contributed by atoms with Gasteiger partial charge in [-0.3, -0.25) is 4.79 Å². The number of carbonyl (C=O) groups excluding carboxylic acids is 1. The zero-order chi connectivity index (χ0) is 12.3. The summed E-state index contributed by atoms with van der Waals surface area (Å²) in [4.78, 5) is 14.1. The van der Waals surface area contributed by atoms with Crippen molar-refractivity contribution in [3.63, 3.8) is 0 Å². The van der Waals surface area contributed by atoms with Gasteiger partial charge in [-0.05, 0) is 18.3 Å². The predicted molar refractivity (Wildman–Crippen MR) is 74.5 cm³/mol. The lowest BCUT2D eigenvalue weighted by Crippen LogP contribution is -2.51. The molecule has 0 aromatic heterocycles. The van der Waals surface area contributed by atoms with Gasteiger partial charge in [-0.1, -0.05) is 27.7 Å². The first-order valence-corrected chi connectivity index (χ1v) is 6.32. The van der Waals surface area contributed by atoms with Crippen molar-refractivity contribution in [2.75, 3.05) is 19.6 Å². The molecular weight excluding hydrogens is 236 g/mol. The Labute approximate surface area is 112 Å². The maximum Gasteiger partial charge on any atom is 0.222 e. The lowest BCUT2D eigenvalue weighted by molar-refractivity contribution is -0.134. The van der Waals surface area contributed by atoms with Crippen LogP contribution in [0.4, 0.5) is 0 Å². The Hall–Kier alpha value is -0.280. The minimum Gasteiger partial charge on any atom is -0.340 e. The highest BCUT2D eigenvalue weighted by atomic mass is 35.5. The van der Waals surface area contributed by atoms with Crippen LogP contribution in [-0.4, -0.2) is 36.5 Å². The van der Waals surface area contributed by atoms with Crippen molar-refractivity contribution >= 4 is 18.3 Å². The number of nitrogens with zero attached hydrogens (tertiary/aromatic N) is 1. The SMILES string of the molecule is CC(CC(=O)N1CCN[C@@H](C)C1)C(C)(C)C.Cl. The molecule has 1 aliphatic heterocycles. The van der Waals surface area contributed by atoms with Crippen LogP contribution in [0.1, 0.15) is 41.0 Å². The van der Waals surface area contributed by atoms with Crippen LogP contribution in [0.15, 0.2) is 0 Å². The summed E-state index contributed by atoms with van der Waals surface area (Å²) < 4.78 is 0. The van der Waals surface area contributed by atoms with E-state index >= 15 is 0 Å². The Bertz CT molecular complexity index is 250. The molecule has 1 rings (SSSR count). The zero-order valence-corrected chi connectivity index (χ0v) is 12.6. The van der Waals surface area contributed by atoms with Crippen LogP contribution in [0, 0.1) is 11.3 Å². The van der Waals surface area contributed by atoms with E-state index in [4.69, 9.17) is 0 Å². The molecule has 0 saturated carbocycles. The Balaban J connectivity index is 0.00000256. The van der Waals surface area contributed by atoms with Crippen LogP contribution in [0.3, 0.4) is 0 Å². The monoisotopic (exact) mass is 262 g/mol. The van der Waals surface area contributed by atoms with Crippen molar-refractivity contribution in [2.45, 2.75) is 47.1 Å². The van der Waals surface area contributed by atoms with Crippen molar-refractivity contribution in [2.24, 2.45) is 11.3 Å². The molecule has 0 spiro atoms. The van der Waals surface area contributed by atoms with Gasteiger partial charge in [0.15, 0.2) is 0 Å². The van der Waals surface area contributed by atoms with E-state index in [0.29, 0.717) is 24.3 Å². The van der Waals surface area contributed by atoms with Gasteiger partial charge in [0.1, 0.15) is 0 Å². The maximum atomic E-state index is 12.1. The molecule has 4 heteroatoms. The fourth-order valence-electron chi connectivity index (χ4n) is 1.86. The molecule has 0 aliphatic carbocycles. The molecule has 1 aliphatic rings. The molecule has 1 heterocycles. The number of nitrogens with one attached hydrogen (secondary N) is 1. The van der Waals surface area contributed by atoms with Crippen molar-refractivity contribution < 1.29 is 4.79 Å². The summed E-state index contributed by atoms with van der Waals surface area (Å²) in [6, 6.07) is 0.433. The highest BCUT2D eigenvalue weighted by molar-refractivity contribution is 5.85. The van der Waals surface area contributed by atoms with Crippen molar-refractivity contribution in [1.29, 1.82) is 0 Å². The quantitative estimate of drug-likeness (QED) is 0.828. The van der Waals surface area contributed by atoms with E-state index in [1.54, 1.807) is 0 Å². The fourth-order valence-corrected chi connectivity index (χ4v) is 1.86. The first kappa shape index (κ1) is 16.7. The summed E-state index contributed by atoms with van der Waals surface area (Å²) in [6.45, 7) is 13.5. The molecular formula is C13H27ClN2O. The molecule has 1 N–H and O–H groups in total. The second-order valence-electron chi connectivity index (χ2n) is 6.17. The molecule has 0 aromatic rings. The molecule has 1 amide bonds. The van der Waals surface area contributed by atoms with Crippen molar-refractivity contribution in [3.8, 4) is 0 Å². The third-order valence-electron chi connectivity index (χ3n) is 3.68. The molecule has 17 heavy (non-hydrogen) atoms. The first-order chi connectivity index (χ1) is 7.30. The molecule has 0 bridgehead atoms. The molecule has 0 aromatic carbocycles. The minimum atomic E-state index is 0. The summed E-state index contributed by atoms with van der Waals surface area (Å²) in [6.07, 6.45) is 0.677. The largest absolute Gasteiger partial charge is 0.340 e. The van der Waals surface area contributed by atoms with Gasteiger partial charge in [-0.25, -0.2) is 0 Å². The van der Waals surface area contributed by atoms with Crippen LogP contribution in [0.25, 0.3) is 0 Å². The third-order valence-corrected chi connectivity index (χ3v) is 3.68. The minimum absolute atomic E-state index is 0. The molecule has 0 radical (unpaired) electrons. The molecule has 1 saturated heterocycles. The highest BCUT2D eigenvalue weighted by Gasteiger charge is 2.26. The van der Waals surface area contributed by atoms with E-state index in [-0.39, 0.29) is 17.8 Å². The second-order valence-corrected chi connectivity index (χ2v) is 6.17. The van der Waals surface area contributed by atoms with Crippen molar-refractivity contribution in [3.05, 3.63) is 0 Å². The van der Waals surface area contributed by atoms with Gasteiger partial charge in [0, 0.05) is 32.1 Å². The second kappa shape index (κ2) is 6.60. The Morgan fingerprint density at radius 1 is 1.47 bits per heavy atom. The summed E-state index contributed by atoms with van der Waals surface area (Å²) in [5.74, 6) is 0.751. The van der Waals surface area contributed by atoms with E-state index < -0.39 is 0 Å². The fraction of sp³-hybridized carbons (Fsp3) is 0.923. The number of hydrogen-bond donors (Lipinski definition) is 1. The highest BCUT2D eigenvalue weighted by Crippen LogP contribution is 2.28.